The van der Waals surface area contributed by atoms with E-state index in [4.69, 9.17) is 9.15 Å². The molecule has 0 saturated carbocycles. The van der Waals surface area contributed by atoms with E-state index in [1.165, 1.54) is 6.26 Å². The Kier molecular flexibility index (Phi) is 6.02. The Bertz CT molecular complexity index is 970. The van der Waals surface area contributed by atoms with Crippen molar-refractivity contribution in [3.63, 3.8) is 0 Å². The van der Waals surface area contributed by atoms with Gasteiger partial charge in [0.2, 0.25) is 0 Å². The lowest BCUT2D eigenvalue weighted by molar-refractivity contribution is 0.0829. The minimum Gasteiger partial charge on any atom is -0.489 e. The molecular formula is C23H24N2O4. The number of hydrogen-bond donors (Lipinski definition) is 2. The van der Waals surface area contributed by atoms with E-state index in [0.717, 1.165) is 5.56 Å². The van der Waals surface area contributed by atoms with Crippen LogP contribution < -0.4 is 15.6 Å². The fraction of sp³-hybridized carbons (Fsp3) is 0.217. The molecule has 3 aromatic rings. The van der Waals surface area contributed by atoms with Gasteiger partial charge in [-0.05, 0) is 41.3 Å². The van der Waals surface area contributed by atoms with Crippen molar-refractivity contribution in [2.24, 2.45) is 0 Å². The van der Waals surface area contributed by atoms with Gasteiger partial charge in [-0.2, -0.15) is 0 Å². The van der Waals surface area contributed by atoms with Gasteiger partial charge in [-0.25, -0.2) is 0 Å². The molecule has 0 fully saturated rings. The van der Waals surface area contributed by atoms with E-state index in [9.17, 15) is 9.59 Å². The Morgan fingerprint density at radius 2 is 1.55 bits per heavy atom. The molecule has 0 unspecified atom stereocenters. The van der Waals surface area contributed by atoms with Crippen LogP contribution in [0.3, 0.4) is 0 Å². The highest BCUT2D eigenvalue weighted by atomic mass is 16.5. The van der Waals surface area contributed by atoms with Crippen LogP contribution >= 0.6 is 0 Å². The molecule has 0 atom stereocenters. The SMILES string of the molecule is CC(C)(C)c1ccc(C(=O)NNC(=O)c2occc2COc2ccccc2)cc1. The number of ether oxygens (including phenoxy) is 1. The molecule has 0 bridgehead atoms. The standard InChI is InChI=1S/C23H24N2O4/c1-23(2,3)18-11-9-16(10-12-18)21(26)24-25-22(27)20-17(13-14-28-20)15-29-19-7-5-4-6-8-19/h4-14H,15H2,1-3H3,(H,24,26)(H,25,27). The molecule has 0 spiro atoms. The molecule has 1 aromatic heterocycles. The fourth-order valence-corrected chi connectivity index (χ4v) is 2.69. The van der Waals surface area contributed by atoms with Gasteiger partial charge in [0.05, 0.1) is 6.26 Å². The highest BCUT2D eigenvalue weighted by molar-refractivity contribution is 5.98. The smallest absolute Gasteiger partial charge is 0.305 e. The Hall–Kier alpha value is -3.54. The number of hydrazine groups is 1. The molecule has 0 aliphatic carbocycles. The summed E-state index contributed by atoms with van der Waals surface area (Å²) in [4.78, 5) is 24.7. The van der Waals surface area contributed by atoms with Crippen LogP contribution in [-0.2, 0) is 12.0 Å². The number of hydrogen-bond acceptors (Lipinski definition) is 4. The lowest BCUT2D eigenvalue weighted by atomic mass is 9.87. The number of para-hydroxylation sites is 1. The third-order valence-corrected chi connectivity index (χ3v) is 4.39. The van der Waals surface area contributed by atoms with E-state index in [0.29, 0.717) is 16.9 Å². The summed E-state index contributed by atoms with van der Waals surface area (Å²) in [6.07, 6.45) is 1.41. The first-order valence-electron chi connectivity index (χ1n) is 9.30. The Morgan fingerprint density at radius 3 is 2.21 bits per heavy atom. The van der Waals surface area contributed by atoms with Crippen LogP contribution in [-0.4, -0.2) is 11.8 Å². The maximum atomic E-state index is 12.4. The lowest BCUT2D eigenvalue weighted by Gasteiger charge is -2.19. The Labute approximate surface area is 169 Å². The van der Waals surface area contributed by atoms with Crippen molar-refractivity contribution in [1.82, 2.24) is 10.9 Å². The van der Waals surface area contributed by atoms with Gasteiger partial charge in [-0.1, -0.05) is 51.1 Å². The summed E-state index contributed by atoms with van der Waals surface area (Å²) in [6.45, 7) is 6.48. The van der Waals surface area contributed by atoms with Gasteiger partial charge in [-0.3, -0.25) is 20.4 Å². The van der Waals surface area contributed by atoms with Crippen LogP contribution in [0.1, 0.15) is 52.8 Å². The maximum absolute atomic E-state index is 12.4. The number of amides is 2. The molecule has 3 rings (SSSR count). The topological polar surface area (TPSA) is 80.6 Å². The average Bonchev–Trinajstić information content (AvgIpc) is 3.19. The van der Waals surface area contributed by atoms with Gasteiger partial charge in [0, 0.05) is 11.1 Å². The summed E-state index contributed by atoms with van der Waals surface area (Å²) in [7, 11) is 0. The Morgan fingerprint density at radius 1 is 0.897 bits per heavy atom. The van der Waals surface area contributed by atoms with Crippen molar-refractivity contribution < 1.29 is 18.7 Å². The predicted octanol–water partition coefficient (Wildman–Crippen LogP) is 4.23. The van der Waals surface area contributed by atoms with Crippen molar-refractivity contribution in [1.29, 1.82) is 0 Å². The van der Waals surface area contributed by atoms with E-state index >= 15 is 0 Å². The van der Waals surface area contributed by atoms with Crippen molar-refractivity contribution in [2.75, 3.05) is 0 Å². The zero-order valence-electron chi connectivity index (χ0n) is 16.7. The van der Waals surface area contributed by atoms with E-state index in [2.05, 4.69) is 31.6 Å². The van der Waals surface area contributed by atoms with Crippen LogP contribution in [0.15, 0.2) is 71.3 Å². The summed E-state index contributed by atoms with van der Waals surface area (Å²) < 4.78 is 10.9. The molecule has 0 aliphatic heterocycles. The molecule has 0 saturated heterocycles. The number of rotatable bonds is 5. The first-order chi connectivity index (χ1) is 13.8. The molecular weight excluding hydrogens is 368 g/mol. The number of furan rings is 1. The van der Waals surface area contributed by atoms with Crippen molar-refractivity contribution in [3.8, 4) is 5.75 Å². The molecule has 6 heteroatoms. The highest BCUT2D eigenvalue weighted by Gasteiger charge is 2.18. The van der Waals surface area contributed by atoms with Gasteiger partial charge in [-0.15, -0.1) is 0 Å². The summed E-state index contributed by atoms with van der Waals surface area (Å²) in [5.41, 5.74) is 6.94. The van der Waals surface area contributed by atoms with Crippen LogP contribution in [0.4, 0.5) is 0 Å². The summed E-state index contributed by atoms with van der Waals surface area (Å²) in [5, 5.41) is 0. The lowest BCUT2D eigenvalue weighted by Crippen LogP contribution is -2.41. The summed E-state index contributed by atoms with van der Waals surface area (Å²) in [6, 6.07) is 18.2. The first-order valence-corrected chi connectivity index (χ1v) is 9.30. The Balaban J connectivity index is 1.57. The van der Waals surface area contributed by atoms with E-state index < -0.39 is 11.8 Å². The van der Waals surface area contributed by atoms with Gasteiger partial charge < -0.3 is 9.15 Å². The first kappa shape index (κ1) is 20.2. The molecule has 6 nitrogen and oxygen atoms in total. The van der Waals surface area contributed by atoms with Crippen molar-refractivity contribution in [3.05, 3.63) is 89.4 Å². The summed E-state index contributed by atoms with van der Waals surface area (Å²) >= 11 is 0. The zero-order valence-corrected chi connectivity index (χ0v) is 16.7. The number of carbonyl (C=O) groups excluding carboxylic acids is 2. The second-order valence-electron chi connectivity index (χ2n) is 7.61. The van der Waals surface area contributed by atoms with Crippen LogP contribution in [0.25, 0.3) is 0 Å². The molecule has 0 radical (unpaired) electrons. The van der Waals surface area contributed by atoms with Gasteiger partial charge in [0.25, 0.3) is 5.91 Å². The van der Waals surface area contributed by atoms with Crippen LogP contribution in [0, 0.1) is 0 Å². The minimum absolute atomic E-state index is 0.000725. The average molecular weight is 392 g/mol. The largest absolute Gasteiger partial charge is 0.489 e. The van der Waals surface area contributed by atoms with E-state index in [1.54, 1.807) is 18.2 Å². The van der Waals surface area contributed by atoms with Crippen LogP contribution in [0.2, 0.25) is 0 Å². The number of carbonyl (C=O) groups is 2. The second-order valence-corrected chi connectivity index (χ2v) is 7.61. The molecule has 2 amide bonds. The van der Waals surface area contributed by atoms with Gasteiger partial charge in [0.15, 0.2) is 5.76 Å². The molecule has 0 aliphatic rings. The van der Waals surface area contributed by atoms with E-state index in [-0.39, 0.29) is 17.8 Å². The fourth-order valence-electron chi connectivity index (χ4n) is 2.69. The maximum Gasteiger partial charge on any atom is 0.305 e. The number of benzene rings is 2. The quantitative estimate of drug-likeness (QED) is 0.637. The second kappa shape index (κ2) is 8.65. The monoisotopic (exact) mass is 392 g/mol. The predicted molar refractivity (Wildman–Crippen MR) is 110 cm³/mol. The third kappa shape index (κ3) is 5.25. The molecule has 2 N–H and O–H groups in total. The van der Waals surface area contributed by atoms with E-state index in [1.807, 2.05) is 42.5 Å². The van der Waals surface area contributed by atoms with Gasteiger partial charge >= 0.3 is 5.91 Å². The highest BCUT2D eigenvalue weighted by Crippen LogP contribution is 2.22. The third-order valence-electron chi connectivity index (χ3n) is 4.39. The molecule has 29 heavy (non-hydrogen) atoms. The van der Waals surface area contributed by atoms with Gasteiger partial charge in [0.1, 0.15) is 12.4 Å². The molecule has 150 valence electrons. The van der Waals surface area contributed by atoms with Crippen molar-refractivity contribution >= 4 is 11.8 Å². The number of nitrogens with one attached hydrogen (secondary N) is 2. The zero-order chi connectivity index (χ0) is 20.9. The summed E-state index contributed by atoms with van der Waals surface area (Å²) in [5.74, 6) is -0.190. The molecule has 2 aromatic carbocycles. The molecule has 1 heterocycles. The normalized spacial score (nSPS) is 11.0. The van der Waals surface area contributed by atoms with Crippen molar-refractivity contribution in [2.45, 2.75) is 32.8 Å². The minimum atomic E-state index is -0.554. The van der Waals surface area contributed by atoms with Crippen LogP contribution in [0.5, 0.6) is 5.75 Å².